The Morgan fingerprint density at radius 3 is 1.94 bits per heavy atom. The topological polar surface area (TPSA) is 0 Å². The van der Waals surface area contributed by atoms with Gasteiger partial charge in [0.15, 0.2) is 0 Å². The maximum absolute atomic E-state index is 3.29. The maximum Gasteiger partial charge on any atom is -0.0179 e. The second-order valence-corrected chi connectivity index (χ2v) is 4.66. The van der Waals surface area contributed by atoms with Crippen LogP contribution in [0.2, 0.25) is 0 Å². The zero-order valence-electron chi connectivity index (χ0n) is 9.85. The Hall–Kier alpha value is -2.34. The van der Waals surface area contributed by atoms with Crippen molar-refractivity contribution in [3.8, 4) is 0 Å². The van der Waals surface area contributed by atoms with Gasteiger partial charge < -0.3 is 0 Å². The summed E-state index contributed by atoms with van der Waals surface area (Å²) in [6.45, 7) is 0. The van der Waals surface area contributed by atoms with Gasteiger partial charge in [0, 0.05) is 0 Å². The Labute approximate surface area is 105 Å². The number of fused-ring (bicyclic) bond motifs is 3. The number of hydrogen-bond acceptors (Lipinski definition) is 0. The molecule has 0 N–H and O–H groups in total. The highest BCUT2D eigenvalue weighted by Crippen LogP contribution is 2.26. The second kappa shape index (κ2) is 3.58. The number of hydrogen-bond donors (Lipinski definition) is 0. The first-order valence-electron chi connectivity index (χ1n) is 6.13. The molecular formula is C18H11-. The first kappa shape index (κ1) is 9.67. The lowest BCUT2D eigenvalue weighted by molar-refractivity contribution is 1.76. The molecule has 18 heavy (non-hydrogen) atoms. The molecule has 4 aromatic rings. The summed E-state index contributed by atoms with van der Waals surface area (Å²) in [5, 5.41) is 7.59. The van der Waals surface area contributed by atoms with E-state index in [0.29, 0.717) is 0 Å². The minimum atomic E-state index is 1.18. The third-order valence-electron chi connectivity index (χ3n) is 3.48. The lowest BCUT2D eigenvalue weighted by Crippen LogP contribution is -1.78. The van der Waals surface area contributed by atoms with Crippen LogP contribution in [0.1, 0.15) is 0 Å². The van der Waals surface area contributed by atoms with E-state index in [1.165, 1.54) is 32.3 Å². The summed E-state index contributed by atoms with van der Waals surface area (Å²) in [6.07, 6.45) is 0. The lowest BCUT2D eigenvalue weighted by atomic mass is 10.00. The molecule has 0 aliphatic heterocycles. The van der Waals surface area contributed by atoms with Gasteiger partial charge in [-0.05, 0) is 22.2 Å². The summed E-state index contributed by atoms with van der Waals surface area (Å²) < 4.78 is 0. The van der Waals surface area contributed by atoms with Crippen molar-refractivity contribution in [2.24, 2.45) is 0 Å². The monoisotopic (exact) mass is 227 g/mol. The predicted molar refractivity (Wildman–Crippen MR) is 77.8 cm³/mol. The highest BCUT2D eigenvalue weighted by molar-refractivity contribution is 6.04. The van der Waals surface area contributed by atoms with E-state index in [9.17, 15) is 0 Å². The first-order valence-corrected chi connectivity index (χ1v) is 6.13. The molecule has 0 amide bonds. The zero-order chi connectivity index (χ0) is 11.9. The molecule has 0 unspecified atom stereocenters. The van der Waals surface area contributed by atoms with Crippen LogP contribution in [0.4, 0.5) is 0 Å². The van der Waals surface area contributed by atoms with Gasteiger partial charge in [-0.2, -0.15) is 0 Å². The average Bonchev–Trinajstić information content (AvgIpc) is 2.42. The highest BCUT2D eigenvalue weighted by Gasteiger charge is 1.96. The van der Waals surface area contributed by atoms with Crippen LogP contribution in [-0.4, -0.2) is 0 Å². The van der Waals surface area contributed by atoms with E-state index in [2.05, 4.69) is 60.7 Å². The molecule has 0 nitrogen and oxygen atoms in total. The summed E-state index contributed by atoms with van der Waals surface area (Å²) in [4.78, 5) is 0. The van der Waals surface area contributed by atoms with Gasteiger partial charge in [-0.25, -0.2) is 0 Å². The third-order valence-corrected chi connectivity index (χ3v) is 3.48. The molecule has 0 spiro atoms. The largest absolute Gasteiger partial charge is 0.147 e. The Bertz CT molecular complexity index is 728. The molecule has 0 fully saturated rings. The molecule has 0 saturated heterocycles. The zero-order valence-corrected chi connectivity index (χ0v) is 9.85. The fourth-order valence-electron chi connectivity index (χ4n) is 2.56. The van der Waals surface area contributed by atoms with Crippen LogP contribution in [-0.2, 0) is 0 Å². The molecule has 4 aromatic carbocycles. The molecular weight excluding hydrogens is 216 g/mol. The fourth-order valence-corrected chi connectivity index (χ4v) is 2.56. The molecule has 0 radical (unpaired) electrons. The van der Waals surface area contributed by atoms with Crippen molar-refractivity contribution in [1.29, 1.82) is 0 Å². The van der Waals surface area contributed by atoms with E-state index < -0.39 is 0 Å². The lowest BCUT2D eigenvalue weighted by Gasteiger charge is -2.09. The van der Waals surface area contributed by atoms with Gasteiger partial charge >= 0.3 is 0 Å². The van der Waals surface area contributed by atoms with Crippen molar-refractivity contribution in [2.75, 3.05) is 0 Å². The smallest absolute Gasteiger partial charge is 0.0179 e. The predicted octanol–water partition coefficient (Wildman–Crippen LogP) is 4.95. The van der Waals surface area contributed by atoms with Crippen molar-refractivity contribution in [2.45, 2.75) is 0 Å². The van der Waals surface area contributed by atoms with Crippen molar-refractivity contribution in [3.63, 3.8) is 0 Å². The van der Waals surface area contributed by atoms with E-state index >= 15 is 0 Å². The van der Waals surface area contributed by atoms with Gasteiger partial charge in [-0.1, -0.05) is 41.8 Å². The number of benzene rings is 4. The molecule has 0 aliphatic carbocycles. The summed E-state index contributed by atoms with van der Waals surface area (Å²) in [7, 11) is 0. The normalized spacial score (nSPS) is 11.3. The summed E-state index contributed by atoms with van der Waals surface area (Å²) in [6, 6.07) is 26.9. The van der Waals surface area contributed by atoms with Gasteiger partial charge in [0.25, 0.3) is 0 Å². The summed E-state index contributed by atoms with van der Waals surface area (Å²) in [5.41, 5.74) is 0. The average molecular weight is 227 g/mol. The van der Waals surface area contributed by atoms with Gasteiger partial charge in [0.2, 0.25) is 0 Å². The SMILES string of the molecule is [c-]1cccc2cc3cc4ccccc4cc3cc12. The summed E-state index contributed by atoms with van der Waals surface area (Å²) >= 11 is 0. The standard InChI is InChI=1S/C18H11/c1-2-6-14-10-18-12-16-8-4-3-7-15(16)11-17(18)9-13(14)5-1/h1-7,9-12H/q-1. The number of rotatable bonds is 0. The van der Waals surface area contributed by atoms with Crippen LogP contribution in [0.3, 0.4) is 0 Å². The molecule has 0 heteroatoms. The minimum absolute atomic E-state index is 1.18. The van der Waals surface area contributed by atoms with Crippen LogP contribution in [0.5, 0.6) is 0 Å². The fraction of sp³-hybridized carbons (Fsp3) is 0. The molecule has 0 aliphatic rings. The minimum Gasteiger partial charge on any atom is -0.147 e. The Morgan fingerprint density at radius 1 is 0.556 bits per heavy atom. The van der Waals surface area contributed by atoms with E-state index in [4.69, 9.17) is 0 Å². The van der Waals surface area contributed by atoms with Gasteiger partial charge in [-0.3, -0.25) is 0 Å². The van der Waals surface area contributed by atoms with Gasteiger partial charge in [-0.15, -0.1) is 41.1 Å². The Morgan fingerprint density at radius 2 is 1.17 bits per heavy atom. The van der Waals surface area contributed by atoms with Crippen molar-refractivity contribution in [3.05, 3.63) is 72.8 Å². The van der Waals surface area contributed by atoms with Crippen molar-refractivity contribution < 1.29 is 0 Å². The van der Waals surface area contributed by atoms with Gasteiger partial charge in [0.1, 0.15) is 0 Å². The molecule has 0 saturated carbocycles. The van der Waals surface area contributed by atoms with Crippen LogP contribution < -0.4 is 0 Å². The summed E-state index contributed by atoms with van der Waals surface area (Å²) in [5.74, 6) is 0. The third kappa shape index (κ3) is 1.39. The van der Waals surface area contributed by atoms with Crippen LogP contribution in [0.25, 0.3) is 32.3 Å². The molecule has 84 valence electrons. The maximum atomic E-state index is 3.29. The molecule has 4 rings (SSSR count). The van der Waals surface area contributed by atoms with Crippen molar-refractivity contribution >= 4 is 32.3 Å². The Kier molecular flexibility index (Phi) is 1.92. The van der Waals surface area contributed by atoms with Crippen LogP contribution in [0.15, 0.2) is 66.7 Å². The van der Waals surface area contributed by atoms with Crippen LogP contribution >= 0.6 is 0 Å². The van der Waals surface area contributed by atoms with Crippen molar-refractivity contribution in [1.82, 2.24) is 0 Å². The first-order chi connectivity index (χ1) is 8.90. The van der Waals surface area contributed by atoms with Gasteiger partial charge in [0.05, 0.1) is 0 Å². The van der Waals surface area contributed by atoms with E-state index in [0.717, 1.165) is 0 Å². The second-order valence-electron chi connectivity index (χ2n) is 4.66. The van der Waals surface area contributed by atoms with E-state index in [-0.39, 0.29) is 0 Å². The highest BCUT2D eigenvalue weighted by atomic mass is 14.0. The molecule has 0 bridgehead atoms. The van der Waals surface area contributed by atoms with Crippen LogP contribution in [0, 0.1) is 6.07 Å². The van der Waals surface area contributed by atoms with E-state index in [1.54, 1.807) is 0 Å². The molecule has 0 heterocycles. The molecule has 0 aromatic heterocycles. The Balaban J connectivity index is 2.20. The van der Waals surface area contributed by atoms with E-state index in [1.807, 2.05) is 12.1 Å². The quantitative estimate of drug-likeness (QED) is 0.294. The molecule has 0 atom stereocenters.